The summed E-state index contributed by atoms with van der Waals surface area (Å²) < 4.78 is 41.4. The average Bonchev–Trinajstić information content (AvgIpc) is 3.39. The highest BCUT2D eigenvalue weighted by atomic mass is 79.9. The molecule has 1 fully saturated rings. The van der Waals surface area contributed by atoms with Crippen molar-refractivity contribution in [2.75, 3.05) is 10.2 Å². The van der Waals surface area contributed by atoms with Gasteiger partial charge in [-0.05, 0) is 48.0 Å². The summed E-state index contributed by atoms with van der Waals surface area (Å²) in [6.07, 6.45) is -4.59. The van der Waals surface area contributed by atoms with Gasteiger partial charge in [-0.15, -0.1) is 0 Å². The molecule has 6 rings (SSSR count). The predicted octanol–water partition coefficient (Wildman–Crippen LogP) is 6.13. The molecule has 0 spiro atoms. The Bertz CT molecular complexity index is 1790. The van der Waals surface area contributed by atoms with E-state index in [0.717, 1.165) is 45.3 Å². The van der Waals surface area contributed by atoms with Gasteiger partial charge in [0.2, 0.25) is 17.7 Å². The van der Waals surface area contributed by atoms with Crippen LogP contribution in [-0.2, 0) is 27.1 Å². The molecule has 2 aliphatic rings. The van der Waals surface area contributed by atoms with E-state index in [-0.39, 0.29) is 11.6 Å². The summed E-state index contributed by atoms with van der Waals surface area (Å²) in [5, 5.41) is 1.95. The molecule has 2 unspecified atom stereocenters. The number of nitrogens with zero attached hydrogens (tertiary/aromatic N) is 2. The van der Waals surface area contributed by atoms with Crippen LogP contribution >= 0.6 is 39.0 Å². The van der Waals surface area contributed by atoms with Crippen molar-refractivity contribution in [3.8, 4) is 0 Å². The molecule has 1 aromatic heterocycles. The van der Waals surface area contributed by atoms with Crippen molar-refractivity contribution in [3.63, 3.8) is 0 Å². The Morgan fingerprint density at radius 1 is 0.929 bits per heavy atom. The number of hydrogen-bond acceptors (Lipinski definition) is 6. The smallest absolute Gasteiger partial charge is 0.325 e. The molecule has 0 saturated carbocycles. The summed E-state index contributed by atoms with van der Waals surface area (Å²) in [6.45, 7) is -0.485. The topological polar surface area (TPSA) is 88.5 Å². The molecule has 2 aliphatic heterocycles. The maximum absolute atomic E-state index is 13.9. The molecule has 3 atom stereocenters. The first-order chi connectivity index (χ1) is 20.0. The van der Waals surface area contributed by atoms with Crippen molar-refractivity contribution >= 4 is 68.1 Å². The number of carbonyl (C=O) groups is 3. The van der Waals surface area contributed by atoms with E-state index in [4.69, 9.17) is 0 Å². The van der Waals surface area contributed by atoms with Crippen LogP contribution in [0.15, 0.2) is 93.2 Å². The van der Waals surface area contributed by atoms with Crippen LogP contribution in [0.25, 0.3) is 0 Å². The lowest BCUT2D eigenvalue weighted by molar-refractivity contribution is -0.137. The largest absolute Gasteiger partial charge is 0.416 e. The minimum Gasteiger partial charge on any atom is -0.325 e. The molecule has 1 N–H and O–H groups in total. The van der Waals surface area contributed by atoms with Crippen LogP contribution in [0.4, 0.5) is 24.5 Å². The highest BCUT2D eigenvalue weighted by Crippen LogP contribution is 2.54. The van der Waals surface area contributed by atoms with Gasteiger partial charge in [0.25, 0.3) is 0 Å². The molecule has 7 nitrogen and oxygen atoms in total. The molecule has 3 aromatic carbocycles. The Labute approximate surface area is 253 Å². The molecule has 4 aromatic rings. The van der Waals surface area contributed by atoms with Crippen molar-refractivity contribution < 1.29 is 27.6 Å². The van der Waals surface area contributed by atoms with Gasteiger partial charge >= 0.3 is 11.0 Å². The third-order valence-electron chi connectivity index (χ3n) is 7.05. The van der Waals surface area contributed by atoms with Crippen LogP contribution in [0, 0.1) is 5.92 Å². The Hall–Kier alpha value is -3.68. The van der Waals surface area contributed by atoms with E-state index in [1.807, 2.05) is 18.2 Å². The van der Waals surface area contributed by atoms with Crippen LogP contribution in [0.5, 0.6) is 0 Å². The third-order valence-corrected chi connectivity index (χ3v) is 10.1. The number of fused-ring (bicyclic) bond motifs is 2. The maximum atomic E-state index is 13.9. The number of carbonyl (C=O) groups excluding carboxylic acids is 3. The van der Waals surface area contributed by atoms with Gasteiger partial charge in [0.15, 0.2) is 0 Å². The van der Waals surface area contributed by atoms with E-state index in [2.05, 4.69) is 21.2 Å². The summed E-state index contributed by atoms with van der Waals surface area (Å²) in [6, 6.07) is 20.1. The summed E-state index contributed by atoms with van der Waals surface area (Å²) >= 11 is 5.42. The first-order valence-electron chi connectivity index (χ1n) is 12.6. The van der Waals surface area contributed by atoms with Crippen molar-refractivity contribution in [3.05, 3.63) is 109 Å². The number of amides is 3. The Morgan fingerprint density at radius 2 is 1.67 bits per heavy atom. The molecule has 0 bridgehead atoms. The molecule has 42 heavy (non-hydrogen) atoms. The van der Waals surface area contributed by atoms with Gasteiger partial charge < -0.3 is 5.32 Å². The zero-order chi connectivity index (χ0) is 29.8. The van der Waals surface area contributed by atoms with Gasteiger partial charge in [-0.3, -0.25) is 23.7 Å². The molecule has 1 saturated heterocycles. The predicted molar refractivity (Wildman–Crippen MR) is 157 cm³/mol. The highest BCUT2D eigenvalue weighted by Gasteiger charge is 2.56. The monoisotopic (exact) mass is 673 g/mol. The first kappa shape index (κ1) is 28.4. The quantitative estimate of drug-likeness (QED) is 0.258. The van der Waals surface area contributed by atoms with E-state index in [1.165, 1.54) is 21.6 Å². The van der Waals surface area contributed by atoms with Crippen molar-refractivity contribution in [2.24, 2.45) is 5.92 Å². The van der Waals surface area contributed by atoms with Gasteiger partial charge in [0.05, 0.1) is 22.2 Å². The van der Waals surface area contributed by atoms with Crippen LogP contribution in [0.1, 0.15) is 21.9 Å². The second-order valence-electron chi connectivity index (χ2n) is 9.69. The second kappa shape index (κ2) is 10.9. The van der Waals surface area contributed by atoms with Crippen LogP contribution in [0.3, 0.4) is 0 Å². The second-order valence-corrected chi connectivity index (χ2v) is 12.7. The lowest BCUT2D eigenvalue weighted by Gasteiger charge is -2.30. The third kappa shape index (κ3) is 5.09. The highest BCUT2D eigenvalue weighted by molar-refractivity contribution is 9.10. The normalized spacial score (nSPS) is 19.9. The van der Waals surface area contributed by atoms with E-state index in [9.17, 15) is 32.3 Å². The molecular formula is C29H19BrF3N3O4S2. The molecule has 13 heteroatoms. The Morgan fingerprint density at radius 3 is 2.38 bits per heavy atom. The van der Waals surface area contributed by atoms with Gasteiger partial charge in [-0.1, -0.05) is 75.4 Å². The number of halogens is 4. The van der Waals surface area contributed by atoms with E-state index >= 15 is 0 Å². The lowest BCUT2D eigenvalue weighted by Crippen LogP contribution is -2.33. The number of alkyl halides is 3. The first-order valence-corrected chi connectivity index (χ1v) is 15.1. The van der Waals surface area contributed by atoms with Crippen molar-refractivity contribution in [1.82, 2.24) is 4.57 Å². The van der Waals surface area contributed by atoms with Crippen LogP contribution < -0.4 is 15.1 Å². The average molecular weight is 675 g/mol. The van der Waals surface area contributed by atoms with Crippen molar-refractivity contribution in [1.29, 1.82) is 0 Å². The van der Waals surface area contributed by atoms with Gasteiger partial charge in [0, 0.05) is 21.0 Å². The standard InChI is InChI=1S/C29H19BrF3N3O4S2/c30-17-8-4-6-15(12-17)21-22-23(26(39)36(25(22)38)19-10-2-1-3-11-19)41-27-24(21)42-28(40)35(27)14-20(37)34-18-9-5-7-16(13-18)29(31,32)33/h1-13,21-23H,14H2,(H,34,37)/t21-,22?,23?/m1/s1. The number of nitrogens with one attached hydrogen (secondary N) is 1. The fraction of sp³-hybridized carbons (Fsp3) is 0.172. The Kier molecular flexibility index (Phi) is 7.36. The molecule has 0 radical (unpaired) electrons. The number of hydrogen-bond donors (Lipinski definition) is 1. The number of rotatable bonds is 5. The summed E-state index contributed by atoms with van der Waals surface area (Å²) in [5.74, 6) is -2.95. The van der Waals surface area contributed by atoms with Crippen molar-refractivity contribution in [2.45, 2.75) is 28.9 Å². The minimum atomic E-state index is -4.59. The molecule has 3 amide bonds. The van der Waals surface area contributed by atoms with Crippen LogP contribution in [0.2, 0.25) is 0 Å². The number of para-hydroxylation sites is 1. The number of anilines is 2. The summed E-state index contributed by atoms with van der Waals surface area (Å²) in [5.41, 5.74) is 0.175. The zero-order valence-electron chi connectivity index (χ0n) is 21.3. The molecule has 0 aliphatic carbocycles. The summed E-state index contributed by atoms with van der Waals surface area (Å²) in [4.78, 5) is 55.0. The molecule has 214 valence electrons. The maximum Gasteiger partial charge on any atom is 0.416 e. The molecular weight excluding hydrogens is 655 g/mol. The number of thiazole rings is 1. The number of imide groups is 1. The van der Waals surface area contributed by atoms with E-state index < -0.39 is 52.1 Å². The van der Waals surface area contributed by atoms with Crippen LogP contribution in [-0.4, -0.2) is 27.5 Å². The molecule has 3 heterocycles. The SMILES string of the molecule is O=C(Cn1c2c(sc1=O)[C@H](c1cccc(Br)c1)C1C(=O)N(c3ccccc3)C(=O)C1S2)Nc1cccc(C(F)(F)F)c1. The number of aromatic nitrogens is 1. The fourth-order valence-electron chi connectivity index (χ4n) is 5.26. The minimum absolute atomic E-state index is 0.0678. The Balaban J connectivity index is 1.38. The van der Waals surface area contributed by atoms with Gasteiger partial charge in [0.1, 0.15) is 11.8 Å². The zero-order valence-corrected chi connectivity index (χ0v) is 24.5. The fourth-order valence-corrected chi connectivity index (χ4v) is 8.45. The number of benzene rings is 3. The van der Waals surface area contributed by atoms with Gasteiger partial charge in [-0.25, -0.2) is 4.90 Å². The number of thioether (sulfide) groups is 1. The lowest BCUT2D eigenvalue weighted by atomic mass is 9.83. The summed E-state index contributed by atoms with van der Waals surface area (Å²) in [7, 11) is 0. The van der Waals surface area contributed by atoms with E-state index in [1.54, 1.807) is 36.4 Å². The van der Waals surface area contributed by atoms with Gasteiger partial charge in [-0.2, -0.15) is 13.2 Å². The van der Waals surface area contributed by atoms with E-state index in [0.29, 0.717) is 15.6 Å².